The van der Waals surface area contributed by atoms with Crippen molar-refractivity contribution < 1.29 is 13.2 Å². The summed E-state index contributed by atoms with van der Waals surface area (Å²) in [4.78, 5) is 12.1. The Kier molecular flexibility index (Phi) is 8.62. The van der Waals surface area contributed by atoms with Gasteiger partial charge in [-0.2, -0.15) is 4.31 Å². The molecule has 0 saturated carbocycles. The number of nitrogens with zero attached hydrogens (tertiary/aromatic N) is 1. The molecule has 1 aromatic carbocycles. The molecule has 22 heavy (non-hydrogen) atoms. The van der Waals surface area contributed by atoms with E-state index in [1.54, 1.807) is 33.0 Å². The minimum atomic E-state index is -3.58. The SMILES string of the molecule is CNCCNC(=O)c1cccc(S(=O)(=O)N(C)C(C)C)c1.Cl. The van der Waals surface area contributed by atoms with Crippen LogP contribution in [0.15, 0.2) is 29.2 Å². The first-order chi connectivity index (χ1) is 9.80. The minimum Gasteiger partial charge on any atom is -0.351 e. The third kappa shape index (κ3) is 5.24. The fourth-order valence-corrected chi connectivity index (χ4v) is 3.06. The van der Waals surface area contributed by atoms with E-state index in [1.807, 2.05) is 0 Å². The maximum atomic E-state index is 12.4. The number of likely N-dealkylation sites (N-methyl/N-ethyl adjacent to an activating group) is 1. The first-order valence-electron chi connectivity index (χ1n) is 6.81. The highest BCUT2D eigenvalue weighted by molar-refractivity contribution is 7.89. The molecule has 1 rings (SSSR count). The molecule has 1 amide bonds. The van der Waals surface area contributed by atoms with Crippen LogP contribution in [-0.2, 0) is 10.0 Å². The van der Waals surface area contributed by atoms with E-state index in [1.165, 1.54) is 23.5 Å². The standard InChI is InChI=1S/C14H23N3O3S.ClH/c1-11(2)17(4)21(19,20)13-7-5-6-12(10-13)14(18)16-9-8-15-3;/h5-7,10-11,15H,8-9H2,1-4H3,(H,16,18);1H. The molecule has 0 saturated heterocycles. The molecule has 0 fully saturated rings. The second kappa shape index (κ2) is 9.09. The van der Waals surface area contributed by atoms with Crippen LogP contribution in [0.25, 0.3) is 0 Å². The first kappa shape index (κ1) is 20.9. The van der Waals surface area contributed by atoms with Crippen molar-refractivity contribution >= 4 is 28.3 Å². The van der Waals surface area contributed by atoms with Gasteiger partial charge in [0.2, 0.25) is 10.0 Å². The van der Waals surface area contributed by atoms with Gasteiger partial charge in [0.05, 0.1) is 4.90 Å². The van der Waals surface area contributed by atoms with E-state index in [-0.39, 0.29) is 29.3 Å². The number of carbonyl (C=O) groups is 1. The fraction of sp³-hybridized carbons (Fsp3) is 0.500. The van der Waals surface area contributed by atoms with Crippen LogP contribution in [0, 0.1) is 0 Å². The predicted octanol–water partition coefficient (Wildman–Crippen LogP) is 1.09. The Balaban J connectivity index is 0.00000441. The minimum absolute atomic E-state index is 0. The van der Waals surface area contributed by atoms with Gasteiger partial charge in [-0.15, -0.1) is 12.4 Å². The summed E-state index contributed by atoms with van der Waals surface area (Å²) in [6.45, 7) is 4.73. The van der Waals surface area contributed by atoms with Gasteiger partial charge in [0.15, 0.2) is 0 Å². The van der Waals surface area contributed by atoms with Crippen molar-refractivity contribution in [2.75, 3.05) is 27.2 Å². The Labute approximate surface area is 138 Å². The summed E-state index contributed by atoms with van der Waals surface area (Å²) in [7, 11) is -0.258. The number of benzene rings is 1. The molecule has 0 atom stereocenters. The van der Waals surface area contributed by atoms with E-state index in [2.05, 4.69) is 10.6 Å². The van der Waals surface area contributed by atoms with E-state index in [9.17, 15) is 13.2 Å². The molecule has 0 spiro atoms. The van der Waals surface area contributed by atoms with E-state index in [0.717, 1.165) is 0 Å². The van der Waals surface area contributed by atoms with Crippen molar-refractivity contribution in [3.05, 3.63) is 29.8 Å². The zero-order chi connectivity index (χ0) is 16.0. The Morgan fingerprint density at radius 2 is 1.91 bits per heavy atom. The van der Waals surface area contributed by atoms with Gasteiger partial charge < -0.3 is 10.6 Å². The lowest BCUT2D eigenvalue weighted by molar-refractivity contribution is 0.0954. The van der Waals surface area contributed by atoms with Crippen LogP contribution in [0.4, 0.5) is 0 Å². The van der Waals surface area contributed by atoms with Crippen LogP contribution in [0.3, 0.4) is 0 Å². The van der Waals surface area contributed by atoms with Crippen LogP contribution < -0.4 is 10.6 Å². The van der Waals surface area contributed by atoms with Crippen LogP contribution in [-0.4, -0.2) is 51.9 Å². The van der Waals surface area contributed by atoms with Gasteiger partial charge in [-0.1, -0.05) is 6.07 Å². The van der Waals surface area contributed by atoms with Crippen molar-refractivity contribution in [2.45, 2.75) is 24.8 Å². The van der Waals surface area contributed by atoms with E-state index >= 15 is 0 Å². The smallest absolute Gasteiger partial charge is 0.251 e. The molecule has 2 N–H and O–H groups in total. The summed E-state index contributed by atoms with van der Waals surface area (Å²) in [5, 5.41) is 5.64. The highest BCUT2D eigenvalue weighted by Gasteiger charge is 2.23. The lowest BCUT2D eigenvalue weighted by Gasteiger charge is -2.21. The van der Waals surface area contributed by atoms with Crippen molar-refractivity contribution in [2.24, 2.45) is 0 Å². The second-order valence-corrected chi connectivity index (χ2v) is 7.00. The van der Waals surface area contributed by atoms with Crippen LogP contribution in [0.1, 0.15) is 24.2 Å². The van der Waals surface area contributed by atoms with Gasteiger partial charge in [0.1, 0.15) is 0 Å². The fourth-order valence-electron chi connectivity index (χ4n) is 1.64. The number of rotatable bonds is 7. The summed E-state index contributed by atoms with van der Waals surface area (Å²) < 4.78 is 26.1. The average Bonchev–Trinajstić information content (AvgIpc) is 2.46. The second-order valence-electron chi connectivity index (χ2n) is 5.00. The molecule has 0 bridgehead atoms. The van der Waals surface area contributed by atoms with E-state index in [4.69, 9.17) is 0 Å². The number of hydrogen-bond donors (Lipinski definition) is 2. The molecule has 0 unspecified atom stereocenters. The molecule has 0 radical (unpaired) electrons. The van der Waals surface area contributed by atoms with Crippen molar-refractivity contribution in [3.8, 4) is 0 Å². The quantitative estimate of drug-likeness (QED) is 0.722. The van der Waals surface area contributed by atoms with Gasteiger partial charge in [0, 0.05) is 31.7 Å². The molecule has 8 heteroatoms. The van der Waals surface area contributed by atoms with Gasteiger partial charge in [-0.05, 0) is 39.1 Å². The predicted molar refractivity (Wildman–Crippen MR) is 90.0 cm³/mol. The number of hydrogen-bond acceptors (Lipinski definition) is 4. The lowest BCUT2D eigenvalue weighted by atomic mass is 10.2. The number of amides is 1. The summed E-state index contributed by atoms with van der Waals surface area (Å²) >= 11 is 0. The molecule has 0 heterocycles. The third-order valence-electron chi connectivity index (χ3n) is 3.16. The molecule has 126 valence electrons. The van der Waals surface area contributed by atoms with Gasteiger partial charge in [0.25, 0.3) is 5.91 Å². The zero-order valence-corrected chi connectivity index (χ0v) is 14.9. The largest absolute Gasteiger partial charge is 0.351 e. The average molecular weight is 350 g/mol. The maximum absolute atomic E-state index is 12.4. The number of nitrogens with one attached hydrogen (secondary N) is 2. The molecular weight excluding hydrogens is 326 g/mol. The molecular formula is C14H24ClN3O3S. The zero-order valence-electron chi connectivity index (χ0n) is 13.3. The molecule has 0 aliphatic carbocycles. The van der Waals surface area contributed by atoms with Crippen LogP contribution in [0.2, 0.25) is 0 Å². The Morgan fingerprint density at radius 3 is 2.45 bits per heavy atom. The molecule has 1 aromatic rings. The summed E-state index contributed by atoms with van der Waals surface area (Å²) in [5.41, 5.74) is 0.337. The Morgan fingerprint density at radius 1 is 1.27 bits per heavy atom. The van der Waals surface area contributed by atoms with E-state index in [0.29, 0.717) is 18.7 Å². The first-order valence-corrected chi connectivity index (χ1v) is 8.25. The maximum Gasteiger partial charge on any atom is 0.251 e. The summed E-state index contributed by atoms with van der Waals surface area (Å²) in [5.74, 6) is -0.283. The number of sulfonamides is 1. The van der Waals surface area contributed by atoms with Crippen LogP contribution in [0.5, 0.6) is 0 Å². The topological polar surface area (TPSA) is 78.5 Å². The van der Waals surface area contributed by atoms with Gasteiger partial charge >= 0.3 is 0 Å². The summed E-state index contributed by atoms with van der Waals surface area (Å²) in [6.07, 6.45) is 0. The molecule has 6 nitrogen and oxygen atoms in total. The molecule has 0 aliphatic rings. The third-order valence-corrected chi connectivity index (χ3v) is 5.19. The number of halogens is 1. The summed E-state index contributed by atoms with van der Waals surface area (Å²) in [6, 6.07) is 5.93. The lowest BCUT2D eigenvalue weighted by Crippen LogP contribution is -2.33. The van der Waals surface area contributed by atoms with E-state index < -0.39 is 10.0 Å². The van der Waals surface area contributed by atoms with Gasteiger partial charge in [-0.3, -0.25) is 4.79 Å². The highest BCUT2D eigenvalue weighted by Crippen LogP contribution is 2.17. The van der Waals surface area contributed by atoms with Crippen molar-refractivity contribution in [1.29, 1.82) is 0 Å². The monoisotopic (exact) mass is 349 g/mol. The normalized spacial score (nSPS) is 11.4. The Bertz CT molecular complexity index is 591. The van der Waals surface area contributed by atoms with Crippen molar-refractivity contribution in [1.82, 2.24) is 14.9 Å². The Hall–Kier alpha value is -1.15. The highest BCUT2D eigenvalue weighted by atomic mass is 35.5. The number of carbonyl (C=O) groups excluding carboxylic acids is 1. The van der Waals surface area contributed by atoms with Gasteiger partial charge in [-0.25, -0.2) is 8.42 Å². The van der Waals surface area contributed by atoms with Crippen molar-refractivity contribution in [3.63, 3.8) is 0 Å². The van der Waals surface area contributed by atoms with Crippen LogP contribution >= 0.6 is 12.4 Å². The molecule has 0 aromatic heterocycles. The molecule has 0 aliphatic heterocycles.